The summed E-state index contributed by atoms with van der Waals surface area (Å²) < 4.78 is 23.4. The fourth-order valence-corrected chi connectivity index (χ4v) is 2.94. The number of carbonyl (C=O) groups is 2. The molecule has 1 saturated heterocycles. The molecule has 6 heteroatoms. The lowest BCUT2D eigenvalue weighted by Gasteiger charge is -2.37. The largest absolute Gasteiger partial charge is 0.469 e. The molecule has 1 aliphatic heterocycles. The molecular weight excluding hydrogens is 313 g/mol. The summed E-state index contributed by atoms with van der Waals surface area (Å²) in [6.45, 7) is 6.10. The van der Waals surface area contributed by atoms with E-state index in [0.717, 1.165) is 5.56 Å². The van der Waals surface area contributed by atoms with Crippen LogP contribution in [0.5, 0.6) is 0 Å². The van der Waals surface area contributed by atoms with Crippen molar-refractivity contribution in [2.45, 2.75) is 38.7 Å². The van der Waals surface area contributed by atoms with Gasteiger partial charge in [-0.05, 0) is 44.9 Å². The molecule has 24 heavy (non-hydrogen) atoms. The van der Waals surface area contributed by atoms with Crippen LogP contribution in [0.15, 0.2) is 24.3 Å². The molecule has 1 aromatic rings. The average Bonchev–Trinajstić information content (AvgIpc) is 2.52. The van der Waals surface area contributed by atoms with E-state index in [-0.39, 0.29) is 24.2 Å². The van der Waals surface area contributed by atoms with Gasteiger partial charge in [-0.1, -0.05) is 12.1 Å². The number of ether oxygens (including phenoxy) is 2. The van der Waals surface area contributed by atoms with Gasteiger partial charge >= 0.3 is 12.1 Å². The molecule has 0 saturated carbocycles. The number of amides is 1. The summed E-state index contributed by atoms with van der Waals surface area (Å²) >= 11 is 0. The van der Waals surface area contributed by atoms with E-state index in [2.05, 4.69) is 0 Å². The standard InChI is InChI=1S/C18H24FNO4/c1-18(2,3)24-17(22)20-10-9-14(15(11-20)16(21)23-4)12-5-7-13(19)8-6-12/h5-8,14-15H,9-11H2,1-4H3. The summed E-state index contributed by atoms with van der Waals surface area (Å²) in [5, 5.41) is 0. The number of likely N-dealkylation sites (tertiary alicyclic amines) is 1. The molecule has 1 amide bonds. The van der Waals surface area contributed by atoms with Crippen LogP contribution < -0.4 is 0 Å². The van der Waals surface area contributed by atoms with Crippen molar-refractivity contribution in [2.24, 2.45) is 5.92 Å². The van der Waals surface area contributed by atoms with Crippen LogP contribution in [0.1, 0.15) is 38.7 Å². The molecule has 1 fully saturated rings. The average molecular weight is 337 g/mol. The van der Waals surface area contributed by atoms with Crippen LogP contribution in [0.3, 0.4) is 0 Å². The molecule has 5 nitrogen and oxygen atoms in total. The number of halogens is 1. The Balaban J connectivity index is 2.17. The van der Waals surface area contributed by atoms with Crippen LogP contribution >= 0.6 is 0 Å². The van der Waals surface area contributed by atoms with Crippen LogP contribution in [-0.2, 0) is 14.3 Å². The first-order valence-corrected chi connectivity index (χ1v) is 8.02. The van der Waals surface area contributed by atoms with E-state index < -0.39 is 17.6 Å². The summed E-state index contributed by atoms with van der Waals surface area (Å²) in [6.07, 6.45) is 0.152. The van der Waals surface area contributed by atoms with Crippen molar-refractivity contribution in [3.8, 4) is 0 Å². The maximum atomic E-state index is 13.1. The highest BCUT2D eigenvalue weighted by molar-refractivity contribution is 5.76. The Morgan fingerprint density at radius 1 is 1.21 bits per heavy atom. The van der Waals surface area contributed by atoms with E-state index in [1.165, 1.54) is 24.1 Å². The van der Waals surface area contributed by atoms with Crippen molar-refractivity contribution < 1.29 is 23.5 Å². The Kier molecular flexibility index (Phi) is 5.47. The van der Waals surface area contributed by atoms with Gasteiger partial charge in [0.05, 0.1) is 13.0 Å². The second kappa shape index (κ2) is 7.20. The van der Waals surface area contributed by atoms with Crippen molar-refractivity contribution in [3.63, 3.8) is 0 Å². The summed E-state index contributed by atoms with van der Waals surface area (Å²) in [4.78, 5) is 26.0. The number of hydrogen-bond donors (Lipinski definition) is 0. The topological polar surface area (TPSA) is 55.8 Å². The molecule has 0 spiro atoms. The summed E-state index contributed by atoms with van der Waals surface area (Å²) in [6, 6.07) is 6.12. The smallest absolute Gasteiger partial charge is 0.410 e. The van der Waals surface area contributed by atoms with Gasteiger partial charge in [-0.2, -0.15) is 0 Å². The SMILES string of the molecule is COC(=O)C1CN(C(=O)OC(C)(C)C)CCC1c1ccc(F)cc1. The number of benzene rings is 1. The molecule has 0 radical (unpaired) electrons. The van der Waals surface area contributed by atoms with E-state index in [1.54, 1.807) is 32.9 Å². The third-order valence-electron chi connectivity index (χ3n) is 4.07. The minimum atomic E-state index is -0.592. The van der Waals surface area contributed by atoms with E-state index in [4.69, 9.17) is 9.47 Å². The highest BCUT2D eigenvalue weighted by atomic mass is 19.1. The lowest BCUT2D eigenvalue weighted by molar-refractivity contribution is -0.148. The van der Waals surface area contributed by atoms with Gasteiger partial charge in [0, 0.05) is 19.0 Å². The molecule has 2 unspecified atom stereocenters. The number of rotatable bonds is 2. The Morgan fingerprint density at radius 2 is 1.83 bits per heavy atom. The summed E-state index contributed by atoms with van der Waals surface area (Å²) in [5.41, 5.74) is 0.279. The van der Waals surface area contributed by atoms with Crippen molar-refractivity contribution in [3.05, 3.63) is 35.6 Å². The molecule has 0 bridgehead atoms. The van der Waals surface area contributed by atoms with Gasteiger partial charge in [0.25, 0.3) is 0 Å². The van der Waals surface area contributed by atoms with E-state index in [0.29, 0.717) is 13.0 Å². The van der Waals surface area contributed by atoms with Crippen molar-refractivity contribution in [1.29, 1.82) is 0 Å². The molecule has 132 valence electrons. The van der Waals surface area contributed by atoms with Gasteiger partial charge in [-0.3, -0.25) is 4.79 Å². The van der Waals surface area contributed by atoms with Crippen LogP contribution in [0.4, 0.5) is 9.18 Å². The first-order valence-electron chi connectivity index (χ1n) is 8.02. The third kappa shape index (κ3) is 4.46. The number of nitrogens with zero attached hydrogens (tertiary/aromatic N) is 1. The zero-order valence-corrected chi connectivity index (χ0v) is 14.5. The fourth-order valence-electron chi connectivity index (χ4n) is 2.94. The normalized spacial score (nSPS) is 21.3. The first-order chi connectivity index (χ1) is 11.2. The number of methoxy groups -OCH3 is 1. The van der Waals surface area contributed by atoms with Crippen molar-refractivity contribution in [1.82, 2.24) is 4.90 Å². The Morgan fingerprint density at radius 3 is 2.38 bits per heavy atom. The minimum absolute atomic E-state index is 0.114. The summed E-state index contributed by atoms with van der Waals surface area (Å²) in [5.74, 6) is -1.31. The molecule has 1 aromatic carbocycles. The second-order valence-corrected chi connectivity index (χ2v) is 7.00. The lowest BCUT2D eigenvalue weighted by Crippen LogP contribution is -2.47. The maximum absolute atomic E-state index is 13.1. The molecule has 0 aliphatic carbocycles. The number of esters is 1. The Hall–Kier alpha value is -2.11. The van der Waals surface area contributed by atoms with E-state index in [1.807, 2.05) is 0 Å². The molecule has 0 N–H and O–H groups in total. The second-order valence-electron chi connectivity index (χ2n) is 7.00. The highest BCUT2D eigenvalue weighted by Crippen LogP contribution is 2.34. The third-order valence-corrected chi connectivity index (χ3v) is 4.07. The van der Waals surface area contributed by atoms with Gasteiger partial charge in [0.15, 0.2) is 0 Å². The van der Waals surface area contributed by atoms with Gasteiger partial charge in [0.2, 0.25) is 0 Å². The Bertz CT molecular complexity index is 594. The fraction of sp³-hybridized carbons (Fsp3) is 0.556. The van der Waals surface area contributed by atoms with Crippen LogP contribution in [0, 0.1) is 11.7 Å². The Labute approximate surface area is 141 Å². The van der Waals surface area contributed by atoms with Crippen molar-refractivity contribution in [2.75, 3.05) is 20.2 Å². The predicted molar refractivity (Wildman–Crippen MR) is 87.1 cm³/mol. The molecule has 2 atom stereocenters. The van der Waals surface area contributed by atoms with Gasteiger partial charge in [-0.15, -0.1) is 0 Å². The van der Waals surface area contributed by atoms with Crippen LogP contribution in [0.25, 0.3) is 0 Å². The molecule has 0 aromatic heterocycles. The maximum Gasteiger partial charge on any atom is 0.410 e. The van der Waals surface area contributed by atoms with Crippen LogP contribution in [0.2, 0.25) is 0 Å². The van der Waals surface area contributed by atoms with Gasteiger partial charge < -0.3 is 14.4 Å². The monoisotopic (exact) mass is 337 g/mol. The highest BCUT2D eigenvalue weighted by Gasteiger charge is 2.38. The zero-order chi connectivity index (χ0) is 17.9. The minimum Gasteiger partial charge on any atom is -0.469 e. The van der Waals surface area contributed by atoms with Crippen molar-refractivity contribution >= 4 is 12.1 Å². The predicted octanol–water partition coefficient (Wildman–Crippen LogP) is 3.34. The van der Waals surface area contributed by atoms with Crippen LogP contribution in [-0.4, -0.2) is 42.8 Å². The van der Waals surface area contributed by atoms with E-state index >= 15 is 0 Å². The molecule has 1 heterocycles. The molecular formula is C18H24FNO4. The lowest BCUT2D eigenvalue weighted by atomic mass is 9.80. The number of carbonyl (C=O) groups excluding carboxylic acids is 2. The van der Waals surface area contributed by atoms with Gasteiger partial charge in [0.1, 0.15) is 11.4 Å². The molecule has 2 rings (SSSR count). The van der Waals surface area contributed by atoms with E-state index in [9.17, 15) is 14.0 Å². The zero-order valence-electron chi connectivity index (χ0n) is 14.5. The first kappa shape index (κ1) is 18.2. The quantitative estimate of drug-likeness (QED) is 0.777. The number of piperidine rings is 1. The number of hydrogen-bond acceptors (Lipinski definition) is 4. The van der Waals surface area contributed by atoms with Gasteiger partial charge in [-0.25, -0.2) is 9.18 Å². The summed E-state index contributed by atoms with van der Waals surface area (Å²) in [7, 11) is 1.33. The molecule has 1 aliphatic rings.